The molecular formula is C26H31NO7. The van der Waals surface area contributed by atoms with Gasteiger partial charge in [0.05, 0.1) is 18.1 Å². The van der Waals surface area contributed by atoms with Crippen LogP contribution in [0.2, 0.25) is 0 Å². The highest BCUT2D eigenvalue weighted by molar-refractivity contribution is 6.27. The summed E-state index contributed by atoms with van der Waals surface area (Å²) in [5.41, 5.74) is 2.02. The summed E-state index contributed by atoms with van der Waals surface area (Å²) in [6.45, 7) is 4.61. The Morgan fingerprint density at radius 3 is 2.00 bits per heavy atom. The van der Waals surface area contributed by atoms with Crippen molar-refractivity contribution in [3.63, 3.8) is 0 Å². The van der Waals surface area contributed by atoms with Crippen LogP contribution in [0.25, 0.3) is 0 Å². The van der Waals surface area contributed by atoms with Crippen LogP contribution < -0.4 is 0 Å². The van der Waals surface area contributed by atoms with Crippen LogP contribution >= 0.6 is 0 Å². The van der Waals surface area contributed by atoms with Crippen LogP contribution in [0.5, 0.6) is 0 Å². The smallest absolute Gasteiger partial charge is 0.414 e. The molecule has 1 saturated carbocycles. The predicted molar refractivity (Wildman–Crippen MR) is 124 cm³/mol. The first kappa shape index (κ1) is 25.4. The molecule has 2 aromatic carbocycles. The second-order valence-corrected chi connectivity index (χ2v) is 9.04. The van der Waals surface area contributed by atoms with E-state index in [2.05, 4.69) is 36.1 Å². The second-order valence-electron chi connectivity index (χ2n) is 9.04. The molecule has 0 amide bonds. The van der Waals surface area contributed by atoms with E-state index in [4.69, 9.17) is 24.5 Å². The Morgan fingerprint density at radius 1 is 0.941 bits per heavy atom. The zero-order chi connectivity index (χ0) is 24.9. The number of aryl methyl sites for hydroxylation is 1. The van der Waals surface area contributed by atoms with Crippen LogP contribution in [0.3, 0.4) is 0 Å². The molecule has 2 atom stereocenters. The lowest BCUT2D eigenvalue weighted by Gasteiger charge is -2.39. The number of ether oxygens (including phenoxy) is 1. The van der Waals surface area contributed by atoms with Gasteiger partial charge in [0, 0.05) is 19.6 Å². The van der Waals surface area contributed by atoms with Crippen molar-refractivity contribution >= 4 is 17.9 Å². The van der Waals surface area contributed by atoms with E-state index in [1.54, 1.807) is 0 Å². The maximum absolute atomic E-state index is 12.6. The fourth-order valence-corrected chi connectivity index (χ4v) is 4.76. The third kappa shape index (κ3) is 5.46. The molecule has 1 saturated heterocycles. The Bertz CT molecular complexity index is 1000. The molecule has 0 aromatic heterocycles. The number of benzene rings is 2. The highest BCUT2D eigenvalue weighted by atomic mass is 16.5. The minimum Gasteiger partial charge on any atom is -0.473 e. The number of carboxylic acids is 2. The number of carboxylic acid groups (broad SMARTS) is 2. The fourth-order valence-electron chi connectivity index (χ4n) is 4.76. The Morgan fingerprint density at radius 2 is 1.50 bits per heavy atom. The van der Waals surface area contributed by atoms with Gasteiger partial charge in [-0.2, -0.15) is 0 Å². The van der Waals surface area contributed by atoms with E-state index in [0.717, 1.165) is 50.0 Å². The van der Waals surface area contributed by atoms with Crippen molar-refractivity contribution in [3.05, 3.63) is 71.3 Å². The normalized spacial score (nSPS) is 23.2. The topological polar surface area (TPSA) is 124 Å². The van der Waals surface area contributed by atoms with E-state index < -0.39 is 23.0 Å². The quantitative estimate of drug-likeness (QED) is 0.451. The summed E-state index contributed by atoms with van der Waals surface area (Å²) in [6.07, 6.45) is 2.28. The van der Waals surface area contributed by atoms with Crippen LogP contribution in [-0.4, -0.2) is 64.9 Å². The van der Waals surface area contributed by atoms with Gasteiger partial charge < -0.3 is 25.0 Å². The molecule has 2 aromatic rings. The summed E-state index contributed by atoms with van der Waals surface area (Å²) >= 11 is 0. The zero-order valence-corrected chi connectivity index (χ0v) is 19.4. The Hall–Kier alpha value is -3.23. The Kier molecular flexibility index (Phi) is 7.74. The van der Waals surface area contributed by atoms with Crippen molar-refractivity contribution in [2.75, 3.05) is 26.7 Å². The number of carbonyl (C=O) groups is 3. The average Bonchev–Trinajstić information content (AvgIpc) is 3.56. The molecule has 8 heteroatoms. The summed E-state index contributed by atoms with van der Waals surface area (Å²) in [4.78, 5) is 33.2. The Labute approximate surface area is 198 Å². The van der Waals surface area contributed by atoms with Gasteiger partial charge in [-0.3, -0.25) is 4.79 Å². The maximum atomic E-state index is 12.6. The molecule has 3 N–H and O–H groups in total. The summed E-state index contributed by atoms with van der Waals surface area (Å²) in [5.74, 6) is -3.50. The summed E-state index contributed by atoms with van der Waals surface area (Å²) in [7, 11) is 1.48. The number of likely N-dealkylation sites (tertiary alicyclic amines) is 1. The van der Waals surface area contributed by atoms with Crippen LogP contribution in [0, 0.1) is 12.8 Å². The van der Waals surface area contributed by atoms with Crippen LogP contribution in [-0.2, 0) is 30.1 Å². The van der Waals surface area contributed by atoms with Gasteiger partial charge in [-0.1, -0.05) is 60.2 Å². The summed E-state index contributed by atoms with van der Waals surface area (Å²) < 4.78 is 5.18. The molecular weight excluding hydrogens is 438 g/mol. The van der Waals surface area contributed by atoms with Crippen molar-refractivity contribution in [2.45, 2.75) is 37.2 Å². The first-order valence-electron chi connectivity index (χ1n) is 11.2. The highest BCUT2D eigenvalue weighted by Crippen LogP contribution is 2.55. The monoisotopic (exact) mass is 469 g/mol. The van der Waals surface area contributed by atoms with Crippen LogP contribution in [0.15, 0.2) is 54.6 Å². The molecule has 4 rings (SSSR count). The van der Waals surface area contributed by atoms with Crippen molar-refractivity contribution in [1.82, 2.24) is 4.90 Å². The number of hydrogen-bond acceptors (Lipinski definition) is 6. The molecule has 1 aliphatic heterocycles. The molecule has 1 heterocycles. The maximum Gasteiger partial charge on any atom is 0.414 e. The molecule has 0 spiro atoms. The van der Waals surface area contributed by atoms with Crippen LogP contribution in [0.1, 0.15) is 36.0 Å². The minimum absolute atomic E-state index is 0.126. The number of carbonyl (C=O) groups excluding carboxylic acids is 1. The predicted octanol–water partition coefficient (Wildman–Crippen LogP) is 2.56. The van der Waals surface area contributed by atoms with Crippen molar-refractivity contribution in [2.24, 2.45) is 5.92 Å². The SMILES string of the molecule is COC(=O)[C@@]1(c2ccc(C)cc2)CC1CN1CCC(O)(c2ccccc2)CC1.O=C(O)C(=O)O. The molecule has 34 heavy (non-hydrogen) atoms. The first-order valence-corrected chi connectivity index (χ1v) is 11.2. The van der Waals surface area contributed by atoms with E-state index in [-0.39, 0.29) is 11.9 Å². The lowest BCUT2D eigenvalue weighted by Crippen LogP contribution is -2.44. The number of nitrogens with zero attached hydrogens (tertiary/aromatic N) is 1. The summed E-state index contributed by atoms with van der Waals surface area (Å²) in [6, 6.07) is 18.2. The van der Waals surface area contributed by atoms with Crippen molar-refractivity contribution < 1.29 is 34.4 Å². The number of esters is 1. The number of rotatable bonds is 5. The van der Waals surface area contributed by atoms with Gasteiger partial charge in [-0.25, -0.2) is 9.59 Å². The van der Waals surface area contributed by atoms with Crippen LogP contribution in [0.4, 0.5) is 0 Å². The lowest BCUT2D eigenvalue weighted by atomic mass is 9.84. The molecule has 1 aliphatic carbocycles. The van der Waals surface area contributed by atoms with Gasteiger partial charge in [-0.05, 0) is 43.2 Å². The number of piperidine rings is 1. The molecule has 0 radical (unpaired) electrons. The van der Waals surface area contributed by atoms with Gasteiger partial charge in [-0.15, -0.1) is 0 Å². The standard InChI is InChI=1S/C24H29NO3.C2H2O4/c1-18-8-10-20(11-9-18)24(22(26)28-2)16-21(24)17-25-14-12-23(27,13-15-25)19-6-4-3-5-7-19;3-1(4)2(5)6/h3-11,21,27H,12-17H2,1-2H3;(H,3,4)(H,5,6)/t21?,24-;/m1./s1. The summed E-state index contributed by atoms with van der Waals surface area (Å²) in [5, 5.41) is 25.8. The minimum atomic E-state index is -1.82. The number of methoxy groups -OCH3 is 1. The third-order valence-corrected chi connectivity index (χ3v) is 6.88. The number of aliphatic hydroxyl groups is 1. The molecule has 182 valence electrons. The molecule has 2 fully saturated rings. The van der Waals surface area contributed by atoms with Gasteiger partial charge in [0.2, 0.25) is 0 Å². The largest absolute Gasteiger partial charge is 0.473 e. The van der Waals surface area contributed by atoms with Gasteiger partial charge in [0.25, 0.3) is 0 Å². The molecule has 1 unspecified atom stereocenters. The van der Waals surface area contributed by atoms with Crippen molar-refractivity contribution in [3.8, 4) is 0 Å². The fraction of sp³-hybridized carbons (Fsp3) is 0.423. The first-order chi connectivity index (χ1) is 16.1. The van der Waals surface area contributed by atoms with E-state index in [9.17, 15) is 9.90 Å². The molecule has 2 aliphatic rings. The average molecular weight is 470 g/mol. The third-order valence-electron chi connectivity index (χ3n) is 6.88. The second kappa shape index (κ2) is 10.4. The number of hydrogen-bond donors (Lipinski definition) is 3. The highest BCUT2D eigenvalue weighted by Gasteiger charge is 2.62. The lowest BCUT2D eigenvalue weighted by molar-refractivity contribution is -0.159. The van der Waals surface area contributed by atoms with Crippen molar-refractivity contribution in [1.29, 1.82) is 0 Å². The van der Waals surface area contributed by atoms with E-state index in [0.29, 0.717) is 0 Å². The Balaban J connectivity index is 0.000000481. The van der Waals surface area contributed by atoms with Gasteiger partial charge in [0.15, 0.2) is 0 Å². The van der Waals surface area contributed by atoms with E-state index in [1.165, 1.54) is 12.7 Å². The molecule has 0 bridgehead atoms. The van der Waals surface area contributed by atoms with E-state index in [1.807, 2.05) is 30.3 Å². The van der Waals surface area contributed by atoms with E-state index >= 15 is 0 Å². The zero-order valence-electron chi connectivity index (χ0n) is 19.4. The molecule has 8 nitrogen and oxygen atoms in total. The number of aliphatic carboxylic acids is 2. The van der Waals surface area contributed by atoms with Gasteiger partial charge in [0.1, 0.15) is 0 Å². The van der Waals surface area contributed by atoms with Gasteiger partial charge >= 0.3 is 17.9 Å².